The summed E-state index contributed by atoms with van der Waals surface area (Å²) in [6.07, 6.45) is 4.70. The molecule has 0 aromatic carbocycles. The van der Waals surface area contributed by atoms with Crippen molar-refractivity contribution in [2.45, 2.75) is 39.0 Å². The van der Waals surface area contributed by atoms with E-state index >= 15 is 0 Å². The molecular weight excluding hydrogens is 286 g/mol. The second kappa shape index (κ2) is 5.60. The van der Waals surface area contributed by atoms with Crippen LogP contribution in [0.5, 0.6) is 0 Å². The first-order valence-electron chi connectivity index (χ1n) is 7.18. The van der Waals surface area contributed by atoms with Gasteiger partial charge in [0, 0.05) is 24.4 Å². The van der Waals surface area contributed by atoms with Crippen LogP contribution in [0, 0.1) is 13.8 Å². The number of oxazole rings is 1. The molecule has 3 rings (SSSR count). The summed E-state index contributed by atoms with van der Waals surface area (Å²) in [5.74, 6) is 0.820. The van der Waals surface area contributed by atoms with Crippen molar-refractivity contribution in [1.82, 2.24) is 14.9 Å². The van der Waals surface area contributed by atoms with Crippen LogP contribution >= 0.6 is 11.3 Å². The van der Waals surface area contributed by atoms with Crippen LogP contribution < -0.4 is 0 Å². The molecule has 1 amide bonds. The Morgan fingerprint density at radius 3 is 3.05 bits per heavy atom. The van der Waals surface area contributed by atoms with Crippen LogP contribution in [0.3, 0.4) is 0 Å². The van der Waals surface area contributed by atoms with Crippen LogP contribution in [0.15, 0.2) is 10.8 Å². The molecule has 2 heterocycles. The summed E-state index contributed by atoms with van der Waals surface area (Å²) in [7, 11) is 1.82. The minimum absolute atomic E-state index is 0.0830. The summed E-state index contributed by atoms with van der Waals surface area (Å²) in [5, 5.41) is 1.12. The highest BCUT2D eigenvalue weighted by Gasteiger charge is 2.27. The van der Waals surface area contributed by atoms with Gasteiger partial charge in [-0.3, -0.25) is 4.79 Å². The maximum absolute atomic E-state index is 12.4. The van der Waals surface area contributed by atoms with E-state index in [1.165, 1.54) is 23.4 Å². The van der Waals surface area contributed by atoms with E-state index in [9.17, 15) is 4.79 Å². The average Bonchev–Trinajstić information content (AvgIpc) is 3.03. The zero-order chi connectivity index (χ0) is 15.0. The quantitative estimate of drug-likeness (QED) is 0.875. The molecule has 2 aromatic rings. The van der Waals surface area contributed by atoms with Crippen LogP contribution in [-0.4, -0.2) is 34.4 Å². The number of amides is 1. The van der Waals surface area contributed by atoms with E-state index in [4.69, 9.17) is 4.42 Å². The fourth-order valence-corrected chi connectivity index (χ4v) is 3.98. The number of likely N-dealkylation sites (N-methyl/N-ethyl adjacent to an activating group) is 1. The molecule has 1 aliphatic carbocycles. The first-order valence-corrected chi connectivity index (χ1v) is 7.99. The van der Waals surface area contributed by atoms with Gasteiger partial charge in [0.05, 0.1) is 10.7 Å². The largest absolute Gasteiger partial charge is 0.448 e. The first-order chi connectivity index (χ1) is 10.1. The number of nitrogens with zero attached hydrogens (tertiary/aromatic N) is 3. The fraction of sp³-hybridized carbons (Fsp3) is 0.533. The van der Waals surface area contributed by atoms with Crippen molar-refractivity contribution >= 4 is 17.2 Å². The maximum Gasteiger partial charge on any atom is 0.275 e. The summed E-state index contributed by atoms with van der Waals surface area (Å²) in [4.78, 5) is 24.2. The summed E-state index contributed by atoms with van der Waals surface area (Å²) in [6.45, 7) is 4.49. The zero-order valence-corrected chi connectivity index (χ0v) is 13.4. The van der Waals surface area contributed by atoms with Gasteiger partial charge in [-0.25, -0.2) is 9.97 Å². The van der Waals surface area contributed by atoms with Gasteiger partial charge in [-0.1, -0.05) is 0 Å². The third-order valence-electron chi connectivity index (χ3n) is 3.97. The van der Waals surface area contributed by atoms with Gasteiger partial charge in [0.25, 0.3) is 5.91 Å². The molecule has 1 atom stereocenters. The highest BCUT2D eigenvalue weighted by molar-refractivity contribution is 7.11. The van der Waals surface area contributed by atoms with E-state index in [-0.39, 0.29) is 5.91 Å². The lowest BCUT2D eigenvalue weighted by molar-refractivity contribution is 0.0776. The number of hydrogen-bond acceptors (Lipinski definition) is 5. The monoisotopic (exact) mass is 305 g/mol. The lowest BCUT2D eigenvalue weighted by atomic mass is 9.90. The summed E-state index contributed by atoms with van der Waals surface area (Å²) >= 11 is 1.79. The Morgan fingerprint density at radius 2 is 2.33 bits per heavy atom. The molecule has 112 valence electrons. The first kappa shape index (κ1) is 14.3. The third-order valence-corrected chi connectivity index (χ3v) is 5.01. The topological polar surface area (TPSA) is 59.2 Å². The molecule has 1 unspecified atom stereocenters. The second-order valence-electron chi connectivity index (χ2n) is 5.57. The minimum atomic E-state index is -0.0830. The van der Waals surface area contributed by atoms with Gasteiger partial charge in [-0.15, -0.1) is 11.3 Å². The van der Waals surface area contributed by atoms with Crippen molar-refractivity contribution < 1.29 is 9.21 Å². The number of carbonyl (C=O) groups excluding carboxylic acids is 1. The molecule has 0 radical (unpaired) electrons. The van der Waals surface area contributed by atoms with Gasteiger partial charge in [-0.05, 0) is 33.1 Å². The number of fused-ring (bicyclic) bond motifs is 1. The van der Waals surface area contributed by atoms with Gasteiger partial charge < -0.3 is 9.32 Å². The zero-order valence-electron chi connectivity index (χ0n) is 12.5. The van der Waals surface area contributed by atoms with Gasteiger partial charge >= 0.3 is 0 Å². The van der Waals surface area contributed by atoms with Crippen molar-refractivity contribution in [3.8, 4) is 0 Å². The predicted octanol–water partition coefficient (Wildman–Crippen LogP) is 2.94. The lowest BCUT2D eigenvalue weighted by Crippen LogP contribution is -2.32. The van der Waals surface area contributed by atoms with Crippen molar-refractivity contribution in [1.29, 1.82) is 0 Å². The van der Waals surface area contributed by atoms with Gasteiger partial charge in [0.1, 0.15) is 5.76 Å². The summed E-state index contributed by atoms with van der Waals surface area (Å²) < 4.78 is 5.12. The third kappa shape index (κ3) is 2.72. The Morgan fingerprint density at radius 1 is 1.52 bits per heavy atom. The number of hydrogen-bond donors (Lipinski definition) is 0. The lowest BCUT2D eigenvalue weighted by Gasteiger charge is -2.26. The molecule has 2 aromatic heterocycles. The number of aromatic nitrogens is 2. The Balaban J connectivity index is 1.75. The van der Waals surface area contributed by atoms with Crippen molar-refractivity contribution in [3.05, 3.63) is 33.4 Å². The normalized spacial score (nSPS) is 17.6. The number of carbonyl (C=O) groups is 1. The predicted molar refractivity (Wildman–Crippen MR) is 80.7 cm³/mol. The van der Waals surface area contributed by atoms with Crippen molar-refractivity contribution in [2.75, 3.05) is 13.6 Å². The van der Waals surface area contributed by atoms with Gasteiger partial charge in [-0.2, -0.15) is 0 Å². The van der Waals surface area contributed by atoms with E-state index in [1.807, 2.05) is 14.0 Å². The molecule has 0 saturated heterocycles. The molecule has 0 fully saturated rings. The van der Waals surface area contributed by atoms with E-state index < -0.39 is 0 Å². The highest BCUT2D eigenvalue weighted by atomic mass is 32.1. The van der Waals surface area contributed by atoms with Crippen LogP contribution in [0.2, 0.25) is 0 Å². The number of rotatable bonds is 3. The summed E-state index contributed by atoms with van der Waals surface area (Å²) in [6, 6.07) is 0. The molecule has 21 heavy (non-hydrogen) atoms. The SMILES string of the molecule is Cc1nc2c(s1)CCCC2CN(C)C(=O)c1ncoc1C. The van der Waals surface area contributed by atoms with Crippen LogP contribution in [-0.2, 0) is 6.42 Å². The van der Waals surface area contributed by atoms with Crippen LogP contribution in [0.1, 0.15) is 50.6 Å². The molecule has 0 N–H and O–H groups in total. The standard InChI is InChI=1S/C15H19N3O2S/c1-9-13(16-8-20-9)15(19)18(3)7-11-5-4-6-12-14(11)17-10(2)21-12/h8,11H,4-7H2,1-3H3. The fourth-order valence-electron chi connectivity index (χ4n) is 2.91. The van der Waals surface area contributed by atoms with E-state index in [1.54, 1.807) is 23.2 Å². The molecule has 0 bridgehead atoms. The molecule has 0 saturated carbocycles. The maximum atomic E-state index is 12.4. The Bertz CT molecular complexity index is 662. The Hall–Kier alpha value is -1.69. The highest BCUT2D eigenvalue weighted by Crippen LogP contribution is 2.35. The molecular formula is C15H19N3O2S. The smallest absolute Gasteiger partial charge is 0.275 e. The molecule has 0 spiro atoms. The van der Waals surface area contributed by atoms with E-state index in [0.29, 0.717) is 23.9 Å². The van der Waals surface area contributed by atoms with Gasteiger partial charge in [0.15, 0.2) is 12.1 Å². The van der Waals surface area contributed by atoms with E-state index in [2.05, 4.69) is 9.97 Å². The van der Waals surface area contributed by atoms with Gasteiger partial charge in [0.2, 0.25) is 0 Å². The van der Waals surface area contributed by atoms with Crippen molar-refractivity contribution in [2.24, 2.45) is 0 Å². The molecule has 5 nitrogen and oxygen atoms in total. The van der Waals surface area contributed by atoms with Crippen LogP contribution in [0.25, 0.3) is 0 Å². The van der Waals surface area contributed by atoms with E-state index in [0.717, 1.165) is 17.8 Å². The Kier molecular flexibility index (Phi) is 3.80. The number of aryl methyl sites for hydroxylation is 3. The number of thiazole rings is 1. The average molecular weight is 305 g/mol. The minimum Gasteiger partial charge on any atom is -0.448 e. The molecule has 0 aliphatic heterocycles. The van der Waals surface area contributed by atoms with Crippen molar-refractivity contribution in [3.63, 3.8) is 0 Å². The second-order valence-corrected chi connectivity index (χ2v) is 6.86. The summed E-state index contributed by atoms with van der Waals surface area (Å²) in [5.41, 5.74) is 1.60. The molecule has 6 heteroatoms. The molecule has 1 aliphatic rings. The van der Waals surface area contributed by atoms with Crippen LogP contribution in [0.4, 0.5) is 0 Å². The Labute approximate surface area is 128 Å².